The number of rotatable bonds is 2. The fraction of sp³-hybridized carbons (Fsp3) is 0.0769. The van der Waals surface area contributed by atoms with Crippen molar-refractivity contribution < 1.29 is 8.78 Å². The number of aliphatic imine (C=N–C) groups is 1. The number of hydrogen-bond acceptors (Lipinski definition) is 2. The summed E-state index contributed by atoms with van der Waals surface area (Å²) in [5.41, 5.74) is 0.923. The smallest absolute Gasteiger partial charge is 0.152 e. The third-order valence-electron chi connectivity index (χ3n) is 2.30. The van der Waals surface area contributed by atoms with Gasteiger partial charge in [-0.15, -0.1) is 0 Å². The number of halogens is 3. The third kappa shape index (κ3) is 2.90. The van der Waals surface area contributed by atoms with Crippen molar-refractivity contribution in [3.63, 3.8) is 0 Å². The van der Waals surface area contributed by atoms with Crippen LogP contribution in [-0.2, 0) is 0 Å². The van der Waals surface area contributed by atoms with Gasteiger partial charge in [-0.05, 0) is 36.8 Å². The second-order valence-electron chi connectivity index (χ2n) is 3.67. The van der Waals surface area contributed by atoms with Gasteiger partial charge in [-0.25, -0.2) is 18.8 Å². The van der Waals surface area contributed by atoms with Crippen LogP contribution in [-0.4, -0.2) is 11.2 Å². The van der Waals surface area contributed by atoms with Crippen molar-refractivity contribution in [3.05, 3.63) is 58.2 Å². The zero-order chi connectivity index (χ0) is 13.1. The van der Waals surface area contributed by atoms with Crippen LogP contribution in [0, 0.1) is 18.6 Å². The van der Waals surface area contributed by atoms with Crippen molar-refractivity contribution in [1.82, 2.24) is 4.98 Å². The predicted molar refractivity (Wildman–Crippen MR) is 67.6 cm³/mol. The molecule has 1 aromatic carbocycles. The molecule has 2 rings (SSSR count). The maximum atomic E-state index is 13.0. The van der Waals surface area contributed by atoms with Crippen molar-refractivity contribution in [3.8, 4) is 0 Å². The first-order chi connectivity index (χ1) is 8.56. The highest BCUT2D eigenvalue weighted by atomic mass is 35.5. The summed E-state index contributed by atoms with van der Waals surface area (Å²) < 4.78 is 25.9. The van der Waals surface area contributed by atoms with Gasteiger partial charge in [0.25, 0.3) is 0 Å². The summed E-state index contributed by atoms with van der Waals surface area (Å²) in [7, 11) is 0. The van der Waals surface area contributed by atoms with Gasteiger partial charge in [0, 0.05) is 6.21 Å². The molecule has 0 fully saturated rings. The van der Waals surface area contributed by atoms with Gasteiger partial charge in [0.1, 0.15) is 11.6 Å². The van der Waals surface area contributed by atoms with E-state index in [-0.39, 0.29) is 16.5 Å². The van der Waals surface area contributed by atoms with E-state index < -0.39 is 5.82 Å². The minimum Gasteiger partial charge on any atom is -0.237 e. The molecule has 0 atom stereocenters. The minimum atomic E-state index is -0.482. The lowest BCUT2D eigenvalue weighted by molar-refractivity contribution is 0.610. The number of hydrogen-bond donors (Lipinski definition) is 0. The van der Waals surface area contributed by atoms with Crippen LogP contribution in [0.4, 0.5) is 14.6 Å². The van der Waals surface area contributed by atoms with Crippen molar-refractivity contribution in [2.24, 2.45) is 4.99 Å². The lowest BCUT2D eigenvalue weighted by Crippen LogP contribution is -1.88. The van der Waals surface area contributed by atoms with Gasteiger partial charge in [-0.2, -0.15) is 0 Å². The Bertz CT molecular complexity index is 558. The Kier molecular flexibility index (Phi) is 3.67. The molecule has 0 saturated carbocycles. The highest BCUT2D eigenvalue weighted by Gasteiger charge is 2.00. The molecule has 0 N–H and O–H groups in total. The van der Waals surface area contributed by atoms with Crippen molar-refractivity contribution >= 4 is 23.6 Å². The maximum Gasteiger partial charge on any atom is 0.152 e. The number of benzene rings is 1. The standard InChI is InChI=1S/C13H9ClF2N2/c1-8-11(15)4-5-13(18-8)17-7-9-2-3-12(16)10(14)6-9/h2-7H,1H3. The van der Waals surface area contributed by atoms with Gasteiger partial charge in [0.2, 0.25) is 0 Å². The molecule has 0 amide bonds. The highest BCUT2D eigenvalue weighted by Crippen LogP contribution is 2.16. The Hall–Kier alpha value is -1.81. The van der Waals surface area contributed by atoms with Crippen molar-refractivity contribution in [2.45, 2.75) is 6.92 Å². The molecule has 2 nitrogen and oxygen atoms in total. The second kappa shape index (κ2) is 5.23. The molecule has 18 heavy (non-hydrogen) atoms. The molecule has 1 heterocycles. The van der Waals surface area contributed by atoms with Gasteiger partial charge < -0.3 is 0 Å². The van der Waals surface area contributed by atoms with Gasteiger partial charge in [0.05, 0.1) is 10.7 Å². The Morgan fingerprint density at radius 3 is 2.56 bits per heavy atom. The quantitative estimate of drug-likeness (QED) is 0.752. The SMILES string of the molecule is Cc1nc(N=Cc2ccc(F)c(Cl)c2)ccc1F. The minimum absolute atomic E-state index is 0.0298. The summed E-state index contributed by atoms with van der Waals surface area (Å²) in [6, 6.07) is 7.02. The summed E-state index contributed by atoms with van der Waals surface area (Å²) in [6.45, 7) is 1.56. The highest BCUT2D eigenvalue weighted by molar-refractivity contribution is 6.31. The first-order valence-electron chi connectivity index (χ1n) is 5.18. The lowest BCUT2D eigenvalue weighted by Gasteiger charge is -1.98. The van der Waals surface area contributed by atoms with E-state index in [9.17, 15) is 8.78 Å². The average molecular weight is 267 g/mol. The number of pyridine rings is 1. The zero-order valence-corrected chi connectivity index (χ0v) is 10.2. The van der Waals surface area contributed by atoms with Gasteiger partial charge in [-0.1, -0.05) is 17.7 Å². The molecular formula is C13H9ClF2N2. The van der Waals surface area contributed by atoms with Crippen molar-refractivity contribution in [1.29, 1.82) is 0 Å². The van der Waals surface area contributed by atoms with E-state index in [4.69, 9.17) is 11.6 Å². The Balaban J connectivity index is 2.24. The average Bonchev–Trinajstić information content (AvgIpc) is 2.35. The van der Waals surface area contributed by atoms with Crippen LogP contribution in [0.5, 0.6) is 0 Å². The molecule has 0 bridgehead atoms. The van der Waals surface area contributed by atoms with E-state index in [0.29, 0.717) is 11.4 Å². The van der Waals surface area contributed by atoms with E-state index in [0.717, 1.165) is 0 Å². The predicted octanol–water partition coefficient (Wildman–Crippen LogP) is 4.07. The van der Waals surface area contributed by atoms with E-state index >= 15 is 0 Å². The molecule has 0 aliphatic rings. The van der Waals surface area contributed by atoms with E-state index in [2.05, 4.69) is 9.98 Å². The summed E-state index contributed by atoms with van der Waals surface area (Å²) in [5.74, 6) is -0.474. The largest absolute Gasteiger partial charge is 0.237 e. The summed E-state index contributed by atoms with van der Waals surface area (Å²) >= 11 is 5.64. The lowest BCUT2D eigenvalue weighted by atomic mass is 10.2. The van der Waals surface area contributed by atoms with Crippen LogP contribution in [0.1, 0.15) is 11.3 Å². The zero-order valence-electron chi connectivity index (χ0n) is 9.49. The molecule has 0 saturated heterocycles. The summed E-state index contributed by atoms with van der Waals surface area (Å²) in [5, 5.41) is 0.0298. The first kappa shape index (κ1) is 12.6. The van der Waals surface area contributed by atoms with Gasteiger partial charge in [-0.3, -0.25) is 0 Å². The number of aromatic nitrogens is 1. The molecule has 0 radical (unpaired) electrons. The normalized spacial score (nSPS) is 11.1. The fourth-order valence-electron chi connectivity index (χ4n) is 1.34. The number of aryl methyl sites for hydroxylation is 1. The Morgan fingerprint density at radius 1 is 1.17 bits per heavy atom. The topological polar surface area (TPSA) is 25.2 Å². The summed E-state index contributed by atoms with van der Waals surface area (Å²) in [6.07, 6.45) is 1.49. The molecule has 0 spiro atoms. The van der Waals surface area contributed by atoms with E-state index in [1.54, 1.807) is 13.0 Å². The number of nitrogens with zero attached hydrogens (tertiary/aromatic N) is 2. The van der Waals surface area contributed by atoms with Crippen molar-refractivity contribution in [2.75, 3.05) is 0 Å². The molecule has 1 aromatic heterocycles. The van der Waals surface area contributed by atoms with E-state index in [1.165, 1.54) is 30.5 Å². The Labute approximate surface area is 108 Å². The molecule has 2 aromatic rings. The molecule has 5 heteroatoms. The van der Waals surface area contributed by atoms with Crippen LogP contribution in [0.3, 0.4) is 0 Å². The van der Waals surface area contributed by atoms with Crippen LogP contribution in [0.25, 0.3) is 0 Å². The van der Waals surface area contributed by atoms with Crippen LogP contribution in [0.15, 0.2) is 35.3 Å². The molecule has 92 valence electrons. The molecule has 0 aliphatic carbocycles. The molecule has 0 aliphatic heterocycles. The van der Waals surface area contributed by atoms with Crippen LogP contribution >= 0.6 is 11.6 Å². The van der Waals surface area contributed by atoms with Crippen LogP contribution < -0.4 is 0 Å². The molecule has 0 unspecified atom stereocenters. The monoisotopic (exact) mass is 266 g/mol. The fourth-order valence-corrected chi connectivity index (χ4v) is 1.53. The summed E-state index contributed by atoms with van der Waals surface area (Å²) in [4.78, 5) is 8.01. The van der Waals surface area contributed by atoms with E-state index in [1.807, 2.05) is 0 Å². The third-order valence-corrected chi connectivity index (χ3v) is 2.59. The maximum absolute atomic E-state index is 13.0. The van der Waals surface area contributed by atoms with Gasteiger partial charge in [0.15, 0.2) is 5.82 Å². The molecular weight excluding hydrogens is 258 g/mol. The van der Waals surface area contributed by atoms with Gasteiger partial charge >= 0.3 is 0 Å². The first-order valence-corrected chi connectivity index (χ1v) is 5.56. The second-order valence-corrected chi connectivity index (χ2v) is 4.08. The van der Waals surface area contributed by atoms with Crippen LogP contribution in [0.2, 0.25) is 5.02 Å². The Morgan fingerprint density at radius 2 is 1.89 bits per heavy atom.